The smallest absolute Gasteiger partial charge is 0.322 e. The maximum atomic E-state index is 12.9. The Morgan fingerprint density at radius 2 is 1.50 bits per heavy atom. The number of rotatable bonds is 5. The Kier molecular flexibility index (Phi) is 4.60. The molecule has 3 rings (SSSR count). The summed E-state index contributed by atoms with van der Waals surface area (Å²) < 4.78 is 31.0. The highest BCUT2D eigenvalue weighted by molar-refractivity contribution is 5.90. The van der Waals surface area contributed by atoms with Crippen LogP contribution in [0.5, 0.6) is 0 Å². The molecule has 0 saturated carbocycles. The van der Waals surface area contributed by atoms with Crippen molar-refractivity contribution in [2.24, 2.45) is 0 Å². The van der Waals surface area contributed by atoms with Crippen molar-refractivity contribution in [2.75, 3.05) is 5.32 Å². The van der Waals surface area contributed by atoms with Gasteiger partial charge in [-0.2, -0.15) is 0 Å². The minimum atomic E-state index is -0.360. The van der Waals surface area contributed by atoms with Crippen molar-refractivity contribution in [3.8, 4) is 0 Å². The predicted octanol–water partition coefficient (Wildman–Crippen LogP) is 3.12. The van der Waals surface area contributed by atoms with Gasteiger partial charge in [0.15, 0.2) is 0 Å². The van der Waals surface area contributed by atoms with Crippen molar-refractivity contribution in [1.82, 2.24) is 10.2 Å². The summed E-state index contributed by atoms with van der Waals surface area (Å²) in [5, 5.41) is 10.1. The van der Waals surface area contributed by atoms with E-state index in [0.717, 1.165) is 5.56 Å². The lowest BCUT2D eigenvalue weighted by Gasteiger charge is -2.01. The summed E-state index contributed by atoms with van der Waals surface area (Å²) in [5.74, 6) is -0.725. The summed E-state index contributed by atoms with van der Waals surface area (Å²) in [6.07, 6.45) is 0.400. The van der Waals surface area contributed by atoms with E-state index in [2.05, 4.69) is 15.5 Å². The first-order valence-corrected chi connectivity index (χ1v) is 7.19. The Labute approximate surface area is 136 Å². The quantitative estimate of drug-likeness (QED) is 0.781. The Morgan fingerprint density at radius 1 is 0.917 bits per heavy atom. The molecule has 5 nitrogen and oxygen atoms in total. The van der Waals surface area contributed by atoms with E-state index in [1.807, 2.05) is 0 Å². The molecule has 24 heavy (non-hydrogen) atoms. The highest BCUT2D eigenvalue weighted by Crippen LogP contribution is 2.12. The van der Waals surface area contributed by atoms with E-state index >= 15 is 0 Å². The number of amides is 1. The number of carbonyl (C=O) groups is 1. The van der Waals surface area contributed by atoms with Crippen LogP contribution in [0.25, 0.3) is 0 Å². The van der Waals surface area contributed by atoms with Gasteiger partial charge in [0.1, 0.15) is 11.6 Å². The zero-order valence-corrected chi connectivity index (χ0v) is 12.5. The van der Waals surface area contributed by atoms with Crippen LogP contribution in [0.15, 0.2) is 52.9 Å². The van der Waals surface area contributed by atoms with Gasteiger partial charge in [-0.1, -0.05) is 29.4 Å². The van der Waals surface area contributed by atoms with Gasteiger partial charge in [0.2, 0.25) is 11.8 Å². The van der Waals surface area contributed by atoms with Crippen LogP contribution in [-0.4, -0.2) is 16.1 Å². The molecule has 0 fully saturated rings. The van der Waals surface area contributed by atoms with Crippen molar-refractivity contribution in [2.45, 2.75) is 12.8 Å². The summed E-state index contributed by atoms with van der Waals surface area (Å²) in [6, 6.07) is 11.5. The van der Waals surface area contributed by atoms with Gasteiger partial charge >= 0.3 is 6.01 Å². The largest absolute Gasteiger partial charge is 0.407 e. The summed E-state index contributed by atoms with van der Waals surface area (Å²) in [6.45, 7) is 0. The lowest BCUT2D eigenvalue weighted by atomic mass is 10.1. The number of nitrogens with one attached hydrogen (secondary N) is 1. The first kappa shape index (κ1) is 15.8. The van der Waals surface area contributed by atoms with Crippen LogP contribution in [0.1, 0.15) is 17.0 Å². The maximum absolute atomic E-state index is 12.9. The van der Waals surface area contributed by atoms with Gasteiger partial charge in [-0.15, -0.1) is 5.10 Å². The predicted molar refractivity (Wildman–Crippen MR) is 82.2 cm³/mol. The van der Waals surface area contributed by atoms with Gasteiger partial charge in [0, 0.05) is 0 Å². The molecule has 0 aliphatic rings. The third kappa shape index (κ3) is 4.22. The van der Waals surface area contributed by atoms with E-state index in [1.54, 1.807) is 12.1 Å². The van der Waals surface area contributed by atoms with Crippen LogP contribution in [-0.2, 0) is 17.6 Å². The maximum Gasteiger partial charge on any atom is 0.322 e. The van der Waals surface area contributed by atoms with Gasteiger partial charge in [-0.3, -0.25) is 10.1 Å². The highest BCUT2D eigenvalue weighted by Gasteiger charge is 2.11. The van der Waals surface area contributed by atoms with Gasteiger partial charge < -0.3 is 4.42 Å². The average molecular weight is 329 g/mol. The molecule has 0 saturated heterocycles. The molecular weight excluding hydrogens is 316 g/mol. The lowest BCUT2D eigenvalue weighted by molar-refractivity contribution is -0.115. The number of benzene rings is 2. The molecule has 0 bridgehead atoms. The Hall–Kier alpha value is -3.09. The molecule has 0 radical (unpaired) electrons. The van der Waals surface area contributed by atoms with E-state index < -0.39 is 0 Å². The van der Waals surface area contributed by atoms with Crippen molar-refractivity contribution in [3.63, 3.8) is 0 Å². The van der Waals surface area contributed by atoms with Crippen molar-refractivity contribution in [1.29, 1.82) is 0 Å². The molecule has 1 amide bonds. The Balaban J connectivity index is 1.58. The van der Waals surface area contributed by atoms with E-state index in [9.17, 15) is 13.6 Å². The van der Waals surface area contributed by atoms with Crippen LogP contribution in [0.3, 0.4) is 0 Å². The van der Waals surface area contributed by atoms with Crippen LogP contribution >= 0.6 is 0 Å². The van der Waals surface area contributed by atoms with Crippen LogP contribution < -0.4 is 5.32 Å². The standard InChI is InChI=1S/C17H13F2N3O2/c18-13-5-1-11(2-6-13)9-15(23)20-17-22-21-16(24-17)10-12-3-7-14(19)8-4-12/h1-8H,9-10H2,(H,20,22,23). The Bertz CT molecular complexity index is 830. The molecule has 0 unspecified atom stereocenters. The summed E-state index contributed by atoms with van der Waals surface area (Å²) in [5.41, 5.74) is 1.48. The average Bonchev–Trinajstić information content (AvgIpc) is 2.99. The minimum absolute atomic E-state index is 0.0146. The fourth-order valence-electron chi connectivity index (χ4n) is 2.10. The molecule has 7 heteroatoms. The number of nitrogens with zero attached hydrogens (tertiary/aromatic N) is 2. The van der Waals surface area contributed by atoms with Gasteiger partial charge in [-0.25, -0.2) is 8.78 Å². The normalized spacial score (nSPS) is 10.6. The second-order valence-corrected chi connectivity index (χ2v) is 5.16. The number of anilines is 1. The minimum Gasteiger partial charge on any atom is -0.407 e. The van der Waals surface area contributed by atoms with Crippen LogP contribution in [0.4, 0.5) is 14.8 Å². The fraction of sp³-hybridized carbons (Fsp3) is 0.118. The number of hydrogen-bond acceptors (Lipinski definition) is 4. The fourth-order valence-corrected chi connectivity index (χ4v) is 2.10. The van der Waals surface area contributed by atoms with E-state index in [-0.39, 0.29) is 30.0 Å². The molecule has 0 aliphatic heterocycles. The van der Waals surface area contributed by atoms with Crippen molar-refractivity contribution in [3.05, 3.63) is 77.2 Å². The van der Waals surface area contributed by atoms with Crippen LogP contribution in [0, 0.1) is 11.6 Å². The topological polar surface area (TPSA) is 68.0 Å². The third-order valence-electron chi connectivity index (χ3n) is 3.26. The van der Waals surface area contributed by atoms with E-state index in [1.165, 1.54) is 36.4 Å². The monoisotopic (exact) mass is 329 g/mol. The first-order valence-electron chi connectivity index (χ1n) is 7.19. The van der Waals surface area contributed by atoms with Crippen molar-refractivity contribution < 1.29 is 18.0 Å². The van der Waals surface area contributed by atoms with Gasteiger partial charge in [-0.05, 0) is 35.4 Å². The SMILES string of the molecule is O=C(Cc1ccc(F)cc1)Nc1nnc(Cc2ccc(F)cc2)o1. The molecule has 0 aliphatic carbocycles. The summed E-state index contributed by atoms with van der Waals surface area (Å²) in [4.78, 5) is 11.9. The second kappa shape index (κ2) is 6.99. The number of hydrogen-bond donors (Lipinski definition) is 1. The Morgan fingerprint density at radius 3 is 2.12 bits per heavy atom. The lowest BCUT2D eigenvalue weighted by Crippen LogP contribution is -2.14. The first-order chi connectivity index (χ1) is 11.6. The molecule has 3 aromatic rings. The van der Waals surface area contributed by atoms with Crippen LogP contribution in [0.2, 0.25) is 0 Å². The summed E-state index contributed by atoms with van der Waals surface area (Å²) >= 11 is 0. The summed E-state index contributed by atoms with van der Waals surface area (Å²) in [7, 11) is 0. The molecule has 122 valence electrons. The number of aromatic nitrogens is 2. The van der Waals surface area contributed by atoms with Gasteiger partial charge in [0.25, 0.3) is 0 Å². The second-order valence-electron chi connectivity index (χ2n) is 5.16. The molecule has 2 aromatic carbocycles. The molecule has 0 atom stereocenters. The van der Waals surface area contributed by atoms with E-state index in [0.29, 0.717) is 17.9 Å². The number of halogens is 2. The van der Waals surface area contributed by atoms with Crippen molar-refractivity contribution >= 4 is 11.9 Å². The molecule has 0 spiro atoms. The molecule has 1 N–H and O–H groups in total. The molecule has 1 heterocycles. The zero-order valence-electron chi connectivity index (χ0n) is 12.5. The highest BCUT2D eigenvalue weighted by atomic mass is 19.1. The zero-order chi connectivity index (χ0) is 16.9. The third-order valence-corrected chi connectivity index (χ3v) is 3.26. The molecule has 1 aromatic heterocycles. The van der Waals surface area contributed by atoms with E-state index in [4.69, 9.17) is 4.42 Å². The van der Waals surface area contributed by atoms with Gasteiger partial charge in [0.05, 0.1) is 12.8 Å². The number of carbonyl (C=O) groups excluding carboxylic acids is 1. The molecular formula is C17H13F2N3O2.